The largest absolute Gasteiger partial charge is 0.451 e. The third kappa shape index (κ3) is 2.74. The van der Waals surface area contributed by atoms with Gasteiger partial charge in [0.15, 0.2) is 5.76 Å². The molecule has 6 nitrogen and oxygen atoms in total. The Morgan fingerprint density at radius 2 is 1.71 bits per heavy atom. The molecule has 2 N–H and O–H groups in total. The number of amides is 2. The topological polar surface area (TPSA) is 84.2 Å². The summed E-state index contributed by atoms with van der Waals surface area (Å²) in [6.07, 6.45) is 1.50. The number of hydrogen-bond donors (Lipinski definition) is 2. The summed E-state index contributed by atoms with van der Waals surface area (Å²) in [6.45, 7) is 0. The van der Waals surface area contributed by atoms with Gasteiger partial charge in [-0.1, -0.05) is 24.3 Å². The van der Waals surface area contributed by atoms with Crippen molar-refractivity contribution in [2.75, 3.05) is 0 Å². The Balaban J connectivity index is 1.68. The number of furan rings is 1. The molecule has 0 saturated heterocycles. The number of nitrogens with one attached hydrogen (secondary N) is 2. The Morgan fingerprint density at radius 1 is 0.952 bits per heavy atom. The van der Waals surface area contributed by atoms with Gasteiger partial charge in [0.2, 0.25) is 0 Å². The van der Waals surface area contributed by atoms with Gasteiger partial charge in [-0.15, -0.1) is 0 Å². The minimum absolute atomic E-state index is 0.123. The first-order valence-electron chi connectivity index (χ1n) is 6.24. The van der Waals surface area contributed by atoms with Crippen molar-refractivity contribution in [3.8, 4) is 0 Å². The molecule has 2 heterocycles. The second kappa shape index (κ2) is 5.46. The second-order valence-electron chi connectivity index (χ2n) is 4.27. The molecular formula is C15H11N3O3. The van der Waals surface area contributed by atoms with Gasteiger partial charge < -0.3 is 4.42 Å². The van der Waals surface area contributed by atoms with E-state index in [9.17, 15) is 9.59 Å². The van der Waals surface area contributed by atoms with Crippen molar-refractivity contribution in [1.29, 1.82) is 0 Å². The lowest BCUT2D eigenvalue weighted by molar-refractivity contribution is 0.0830. The summed E-state index contributed by atoms with van der Waals surface area (Å²) in [5, 5.41) is 0.818. The molecule has 2 amide bonds. The quantitative estimate of drug-likeness (QED) is 0.703. The van der Waals surface area contributed by atoms with E-state index in [-0.39, 0.29) is 11.5 Å². The van der Waals surface area contributed by atoms with Crippen molar-refractivity contribution >= 4 is 22.8 Å². The van der Waals surface area contributed by atoms with Crippen LogP contribution in [0.5, 0.6) is 0 Å². The molecule has 2 aromatic heterocycles. The van der Waals surface area contributed by atoms with E-state index in [1.807, 2.05) is 18.2 Å². The first kappa shape index (κ1) is 12.9. The lowest BCUT2D eigenvalue weighted by atomic mass is 10.2. The number of hydrazine groups is 1. The molecule has 0 aliphatic heterocycles. The van der Waals surface area contributed by atoms with E-state index in [0.717, 1.165) is 5.39 Å². The Morgan fingerprint density at radius 3 is 2.48 bits per heavy atom. The van der Waals surface area contributed by atoms with Gasteiger partial charge >= 0.3 is 5.91 Å². The number of fused-ring (bicyclic) bond motifs is 1. The van der Waals surface area contributed by atoms with E-state index >= 15 is 0 Å². The van der Waals surface area contributed by atoms with Crippen molar-refractivity contribution in [1.82, 2.24) is 15.8 Å². The highest BCUT2D eigenvalue weighted by atomic mass is 16.3. The van der Waals surface area contributed by atoms with Gasteiger partial charge in [0.25, 0.3) is 5.91 Å². The van der Waals surface area contributed by atoms with Crippen LogP contribution in [0.3, 0.4) is 0 Å². The molecule has 6 heteroatoms. The lowest BCUT2D eigenvalue weighted by Crippen LogP contribution is -2.41. The van der Waals surface area contributed by atoms with E-state index in [2.05, 4.69) is 15.8 Å². The van der Waals surface area contributed by atoms with Crippen LogP contribution in [0.2, 0.25) is 0 Å². The van der Waals surface area contributed by atoms with Crippen LogP contribution in [0.25, 0.3) is 11.0 Å². The van der Waals surface area contributed by atoms with Gasteiger partial charge in [-0.25, -0.2) is 0 Å². The van der Waals surface area contributed by atoms with Gasteiger partial charge in [0.1, 0.15) is 11.3 Å². The van der Waals surface area contributed by atoms with Crippen molar-refractivity contribution in [2.24, 2.45) is 0 Å². The van der Waals surface area contributed by atoms with Gasteiger partial charge in [0, 0.05) is 11.6 Å². The number of aromatic nitrogens is 1. The number of carbonyl (C=O) groups excluding carboxylic acids is 2. The van der Waals surface area contributed by atoms with Crippen LogP contribution in [0, 0.1) is 0 Å². The molecule has 0 fully saturated rings. The molecule has 0 saturated carbocycles. The number of rotatable bonds is 2. The minimum Gasteiger partial charge on any atom is -0.451 e. The predicted molar refractivity (Wildman–Crippen MR) is 75.4 cm³/mol. The summed E-state index contributed by atoms with van der Waals surface area (Å²) in [5.41, 5.74) is 5.39. The van der Waals surface area contributed by atoms with E-state index in [1.54, 1.807) is 30.3 Å². The monoisotopic (exact) mass is 281 g/mol. The van der Waals surface area contributed by atoms with Gasteiger partial charge in [-0.2, -0.15) is 0 Å². The number of benzene rings is 1. The maximum absolute atomic E-state index is 11.9. The lowest BCUT2D eigenvalue weighted by Gasteiger charge is -2.04. The molecule has 0 radical (unpaired) electrons. The van der Waals surface area contributed by atoms with Crippen LogP contribution in [-0.2, 0) is 0 Å². The van der Waals surface area contributed by atoms with E-state index in [0.29, 0.717) is 5.58 Å². The van der Waals surface area contributed by atoms with Crippen LogP contribution >= 0.6 is 0 Å². The minimum atomic E-state index is -0.532. The Hall–Kier alpha value is -3.15. The fourth-order valence-corrected chi connectivity index (χ4v) is 1.83. The molecule has 0 bridgehead atoms. The fraction of sp³-hybridized carbons (Fsp3) is 0. The van der Waals surface area contributed by atoms with Crippen molar-refractivity contribution in [2.45, 2.75) is 0 Å². The standard InChI is InChI=1S/C15H11N3O3/c19-14(11-6-3-4-8-16-11)17-18-15(20)13-9-10-5-1-2-7-12(10)21-13/h1-9H,(H,17,19)(H,18,20). The van der Waals surface area contributed by atoms with E-state index < -0.39 is 11.8 Å². The van der Waals surface area contributed by atoms with E-state index in [4.69, 9.17) is 4.42 Å². The summed E-state index contributed by atoms with van der Waals surface area (Å²) in [4.78, 5) is 27.5. The third-order valence-corrected chi connectivity index (χ3v) is 2.84. The SMILES string of the molecule is O=C(NNC(=O)c1cc2ccccc2o1)c1ccccn1. The molecule has 3 rings (SSSR count). The number of para-hydroxylation sites is 1. The molecule has 0 atom stereocenters. The second-order valence-corrected chi connectivity index (χ2v) is 4.27. The van der Waals surface area contributed by atoms with Crippen LogP contribution < -0.4 is 10.9 Å². The molecule has 104 valence electrons. The van der Waals surface area contributed by atoms with Crippen molar-refractivity contribution in [3.63, 3.8) is 0 Å². The summed E-state index contributed by atoms with van der Waals surface area (Å²) >= 11 is 0. The Bertz CT molecular complexity index is 763. The summed E-state index contributed by atoms with van der Waals surface area (Å²) in [7, 11) is 0. The summed E-state index contributed by atoms with van der Waals surface area (Å²) < 4.78 is 5.39. The van der Waals surface area contributed by atoms with Crippen LogP contribution in [0.1, 0.15) is 21.0 Å². The smallest absolute Gasteiger partial charge is 0.305 e. The molecule has 3 aromatic rings. The average Bonchev–Trinajstić information content (AvgIpc) is 2.97. The highest BCUT2D eigenvalue weighted by Crippen LogP contribution is 2.18. The van der Waals surface area contributed by atoms with Gasteiger partial charge in [-0.05, 0) is 24.3 Å². The molecule has 0 unspecified atom stereocenters. The molecular weight excluding hydrogens is 270 g/mol. The molecule has 0 aliphatic carbocycles. The van der Waals surface area contributed by atoms with Crippen molar-refractivity contribution < 1.29 is 14.0 Å². The fourth-order valence-electron chi connectivity index (χ4n) is 1.83. The predicted octanol–water partition coefficient (Wildman–Crippen LogP) is 1.90. The number of pyridine rings is 1. The average molecular weight is 281 g/mol. The third-order valence-electron chi connectivity index (χ3n) is 2.84. The first-order chi connectivity index (χ1) is 10.2. The highest BCUT2D eigenvalue weighted by Gasteiger charge is 2.13. The Labute approximate surface area is 119 Å². The van der Waals surface area contributed by atoms with Crippen LogP contribution in [-0.4, -0.2) is 16.8 Å². The number of nitrogens with zero attached hydrogens (tertiary/aromatic N) is 1. The molecule has 21 heavy (non-hydrogen) atoms. The van der Waals surface area contributed by atoms with Gasteiger partial charge in [0.05, 0.1) is 0 Å². The molecule has 0 spiro atoms. The zero-order chi connectivity index (χ0) is 14.7. The normalized spacial score (nSPS) is 10.3. The summed E-state index contributed by atoms with van der Waals surface area (Å²) in [6, 6.07) is 13.8. The van der Waals surface area contributed by atoms with Crippen LogP contribution in [0.4, 0.5) is 0 Å². The number of hydrogen-bond acceptors (Lipinski definition) is 4. The maximum atomic E-state index is 11.9. The zero-order valence-corrected chi connectivity index (χ0v) is 10.9. The van der Waals surface area contributed by atoms with Gasteiger partial charge in [-0.3, -0.25) is 25.4 Å². The summed E-state index contributed by atoms with van der Waals surface area (Å²) in [5.74, 6) is -0.909. The maximum Gasteiger partial charge on any atom is 0.305 e. The highest BCUT2D eigenvalue weighted by molar-refractivity contribution is 5.99. The number of carbonyl (C=O) groups is 2. The van der Waals surface area contributed by atoms with E-state index in [1.165, 1.54) is 6.20 Å². The molecule has 1 aromatic carbocycles. The Kier molecular flexibility index (Phi) is 3.34. The van der Waals surface area contributed by atoms with Crippen molar-refractivity contribution in [3.05, 3.63) is 66.2 Å². The zero-order valence-electron chi connectivity index (χ0n) is 10.9. The first-order valence-corrected chi connectivity index (χ1v) is 6.24. The van der Waals surface area contributed by atoms with Crippen LogP contribution in [0.15, 0.2) is 59.1 Å². The molecule has 0 aliphatic rings.